The molecule has 2 N–H and O–H groups in total. The minimum Gasteiger partial charge on any atom is -0.330 e. The van der Waals surface area contributed by atoms with Crippen LogP contribution >= 0.6 is 0 Å². The van der Waals surface area contributed by atoms with E-state index in [9.17, 15) is 0 Å². The average molecular weight is 154 g/mol. The molecule has 2 heteroatoms. The lowest BCUT2D eigenvalue weighted by molar-refractivity contribution is 0.292. The summed E-state index contributed by atoms with van der Waals surface area (Å²) in [5, 5.41) is 0. The van der Waals surface area contributed by atoms with Crippen LogP contribution in [0.4, 0.5) is 0 Å². The maximum Gasteiger partial charge on any atom is 0.0165 e. The van der Waals surface area contributed by atoms with E-state index >= 15 is 0 Å². The SMILES string of the molecule is CC1=CCN(CCCN)CC1. The third kappa shape index (κ3) is 3.04. The van der Waals surface area contributed by atoms with Gasteiger partial charge in [0.1, 0.15) is 0 Å². The smallest absolute Gasteiger partial charge is 0.0165 e. The maximum atomic E-state index is 5.43. The van der Waals surface area contributed by atoms with E-state index in [0.717, 1.165) is 19.5 Å². The second-order valence-corrected chi connectivity index (χ2v) is 3.24. The lowest BCUT2D eigenvalue weighted by Gasteiger charge is -2.24. The Kier molecular flexibility index (Phi) is 3.60. The van der Waals surface area contributed by atoms with Crippen molar-refractivity contribution in [2.24, 2.45) is 5.73 Å². The highest BCUT2D eigenvalue weighted by atomic mass is 15.1. The predicted molar refractivity (Wildman–Crippen MR) is 48.5 cm³/mol. The molecule has 0 unspecified atom stereocenters. The van der Waals surface area contributed by atoms with E-state index in [1.165, 1.54) is 25.1 Å². The van der Waals surface area contributed by atoms with Gasteiger partial charge in [0, 0.05) is 13.1 Å². The summed E-state index contributed by atoms with van der Waals surface area (Å²) >= 11 is 0. The van der Waals surface area contributed by atoms with Gasteiger partial charge in [0.05, 0.1) is 0 Å². The lowest BCUT2D eigenvalue weighted by Crippen LogP contribution is -2.30. The van der Waals surface area contributed by atoms with Crippen LogP contribution in [0.3, 0.4) is 0 Å². The van der Waals surface area contributed by atoms with Crippen LogP contribution in [-0.2, 0) is 0 Å². The highest BCUT2D eigenvalue weighted by Crippen LogP contribution is 2.08. The van der Waals surface area contributed by atoms with Gasteiger partial charge in [-0.05, 0) is 32.9 Å². The standard InChI is InChI=1S/C9H18N2/c1-9-3-7-11(8-4-9)6-2-5-10/h3H,2,4-8,10H2,1H3. The molecular weight excluding hydrogens is 136 g/mol. The van der Waals surface area contributed by atoms with Crippen molar-refractivity contribution < 1.29 is 0 Å². The van der Waals surface area contributed by atoms with Gasteiger partial charge in [-0.3, -0.25) is 4.90 Å². The van der Waals surface area contributed by atoms with Gasteiger partial charge in [0.25, 0.3) is 0 Å². The lowest BCUT2D eigenvalue weighted by atomic mass is 10.1. The van der Waals surface area contributed by atoms with Crippen LogP contribution in [0, 0.1) is 0 Å². The van der Waals surface area contributed by atoms with Crippen molar-refractivity contribution >= 4 is 0 Å². The molecule has 64 valence electrons. The van der Waals surface area contributed by atoms with E-state index in [1.807, 2.05) is 0 Å². The van der Waals surface area contributed by atoms with E-state index in [-0.39, 0.29) is 0 Å². The van der Waals surface area contributed by atoms with E-state index in [1.54, 1.807) is 0 Å². The minimum absolute atomic E-state index is 0.819. The molecular formula is C9H18N2. The summed E-state index contributed by atoms with van der Waals surface area (Å²) in [6, 6.07) is 0. The Morgan fingerprint density at radius 2 is 2.45 bits per heavy atom. The van der Waals surface area contributed by atoms with Crippen LogP contribution in [0.25, 0.3) is 0 Å². The van der Waals surface area contributed by atoms with Crippen LogP contribution < -0.4 is 5.73 Å². The molecule has 1 aliphatic heterocycles. The molecule has 0 fully saturated rings. The quantitative estimate of drug-likeness (QED) is 0.614. The first-order chi connectivity index (χ1) is 5.33. The fourth-order valence-corrected chi connectivity index (χ4v) is 1.33. The van der Waals surface area contributed by atoms with Gasteiger partial charge in [0.15, 0.2) is 0 Å². The summed E-state index contributed by atoms with van der Waals surface area (Å²) in [5.74, 6) is 0. The number of nitrogens with two attached hydrogens (primary N) is 1. The molecule has 0 aliphatic carbocycles. The average Bonchev–Trinajstić information content (AvgIpc) is 2.04. The van der Waals surface area contributed by atoms with Gasteiger partial charge in [-0.1, -0.05) is 11.6 Å². The van der Waals surface area contributed by atoms with Crippen molar-refractivity contribution in [1.82, 2.24) is 4.90 Å². The summed E-state index contributed by atoms with van der Waals surface area (Å²) in [6.45, 7) is 6.55. The molecule has 1 aliphatic rings. The first-order valence-corrected chi connectivity index (χ1v) is 4.41. The number of nitrogens with zero attached hydrogens (tertiary/aromatic N) is 1. The van der Waals surface area contributed by atoms with Crippen LogP contribution in [-0.4, -0.2) is 31.1 Å². The van der Waals surface area contributed by atoms with Gasteiger partial charge in [0.2, 0.25) is 0 Å². The first kappa shape index (κ1) is 8.75. The van der Waals surface area contributed by atoms with E-state index in [2.05, 4.69) is 17.9 Å². The Labute approximate surface area is 69.1 Å². The molecule has 0 bridgehead atoms. The maximum absolute atomic E-state index is 5.43. The normalized spacial score (nSPS) is 20.0. The largest absolute Gasteiger partial charge is 0.330 e. The minimum atomic E-state index is 0.819. The second-order valence-electron chi connectivity index (χ2n) is 3.24. The molecule has 0 atom stereocenters. The van der Waals surface area contributed by atoms with Crippen LogP contribution in [0.15, 0.2) is 11.6 Å². The topological polar surface area (TPSA) is 29.3 Å². The summed E-state index contributed by atoms with van der Waals surface area (Å²) < 4.78 is 0. The fraction of sp³-hybridized carbons (Fsp3) is 0.778. The molecule has 0 aromatic rings. The van der Waals surface area contributed by atoms with Crippen LogP contribution in [0.2, 0.25) is 0 Å². The summed E-state index contributed by atoms with van der Waals surface area (Å²) in [5.41, 5.74) is 6.97. The van der Waals surface area contributed by atoms with E-state index in [4.69, 9.17) is 5.73 Å². The first-order valence-electron chi connectivity index (χ1n) is 4.41. The van der Waals surface area contributed by atoms with Crippen molar-refractivity contribution in [3.63, 3.8) is 0 Å². The Morgan fingerprint density at radius 3 is 3.00 bits per heavy atom. The number of hydrogen-bond acceptors (Lipinski definition) is 2. The number of hydrogen-bond donors (Lipinski definition) is 1. The van der Waals surface area contributed by atoms with E-state index in [0.29, 0.717) is 0 Å². The fourth-order valence-electron chi connectivity index (χ4n) is 1.33. The Balaban J connectivity index is 2.18. The van der Waals surface area contributed by atoms with Crippen molar-refractivity contribution in [3.8, 4) is 0 Å². The molecule has 0 radical (unpaired) electrons. The monoisotopic (exact) mass is 154 g/mol. The van der Waals surface area contributed by atoms with Crippen molar-refractivity contribution in [2.75, 3.05) is 26.2 Å². The highest BCUT2D eigenvalue weighted by Gasteiger charge is 2.07. The molecule has 0 spiro atoms. The Hall–Kier alpha value is -0.340. The third-order valence-corrected chi connectivity index (χ3v) is 2.20. The number of rotatable bonds is 3. The van der Waals surface area contributed by atoms with Gasteiger partial charge in [-0.15, -0.1) is 0 Å². The molecule has 11 heavy (non-hydrogen) atoms. The van der Waals surface area contributed by atoms with Gasteiger partial charge in [-0.25, -0.2) is 0 Å². The Bertz CT molecular complexity index is 140. The summed E-state index contributed by atoms with van der Waals surface area (Å²) in [6.07, 6.45) is 4.69. The molecule has 0 aromatic carbocycles. The molecule has 0 saturated carbocycles. The predicted octanol–water partition coefficient (Wildman–Crippen LogP) is 0.987. The third-order valence-electron chi connectivity index (χ3n) is 2.20. The summed E-state index contributed by atoms with van der Waals surface area (Å²) in [4.78, 5) is 2.46. The summed E-state index contributed by atoms with van der Waals surface area (Å²) in [7, 11) is 0. The zero-order chi connectivity index (χ0) is 8.10. The molecule has 1 heterocycles. The van der Waals surface area contributed by atoms with Gasteiger partial charge >= 0.3 is 0 Å². The van der Waals surface area contributed by atoms with Crippen molar-refractivity contribution in [3.05, 3.63) is 11.6 Å². The van der Waals surface area contributed by atoms with Crippen molar-refractivity contribution in [2.45, 2.75) is 19.8 Å². The molecule has 0 aromatic heterocycles. The zero-order valence-corrected chi connectivity index (χ0v) is 7.34. The zero-order valence-electron chi connectivity index (χ0n) is 7.34. The molecule has 2 nitrogen and oxygen atoms in total. The Morgan fingerprint density at radius 1 is 1.64 bits per heavy atom. The van der Waals surface area contributed by atoms with Crippen LogP contribution in [0.1, 0.15) is 19.8 Å². The highest BCUT2D eigenvalue weighted by molar-refractivity contribution is 5.03. The van der Waals surface area contributed by atoms with Crippen LogP contribution in [0.5, 0.6) is 0 Å². The molecule has 1 rings (SSSR count). The molecule has 0 amide bonds. The van der Waals surface area contributed by atoms with Gasteiger partial charge in [-0.2, -0.15) is 0 Å². The van der Waals surface area contributed by atoms with E-state index < -0.39 is 0 Å². The molecule has 0 saturated heterocycles. The second kappa shape index (κ2) is 4.52. The van der Waals surface area contributed by atoms with Gasteiger partial charge < -0.3 is 5.73 Å². The van der Waals surface area contributed by atoms with Crippen molar-refractivity contribution in [1.29, 1.82) is 0 Å².